The maximum atomic E-state index is 12.2. The van der Waals surface area contributed by atoms with Crippen LogP contribution in [0.15, 0.2) is 42.5 Å². The molecule has 3 amide bonds. The first kappa shape index (κ1) is 23.8. The Morgan fingerprint density at radius 3 is 2.29 bits per heavy atom. The molecule has 0 atom stereocenters. The van der Waals surface area contributed by atoms with E-state index in [2.05, 4.69) is 17.6 Å². The normalized spacial score (nSPS) is 10.3. The summed E-state index contributed by atoms with van der Waals surface area (Å²) in [5.41, 5.74) is 4.19. The summed E-state index contributed by atoms with van der Waals surface area (Å²) in [6.07, 6.45) is 1.82. The van der Waals surface area contributed by atoms with Crippen molar-refractivity contribution in [1.82, 2.24) is 5.32 Å². The molecule has 7 nitrogen and oxygen atoms in total. The van der Waals surface area contributed by atoms with Crippen LogP contribution in [-0.4, -0.2) is 30.3 Å². The number of ether oxygens (including phenoxy) is 1. The maximum absolute atomic E-state index is 12.2. The zero-order valence-electron chi connectivity index (χ0n) is 18.1. The summed E-state index contributed by atoms with van der Waals surface area (Å²) in [6, 6.07) is 12.1. The van der Waals surface area contributed by atoms with E-state index in [-0.39, 0.29) is 18.6 Å². The van der Waals surface area contributed by atoms with Gasteiger partial charge in [0.05, 0.1) is 6.42 Å². The molecule has 2 aromatic carbocycles. The number of aryl methyl sites for hydroxylation is 3. The van der Waals surface area contributed by atoms with Crippen LogP contribution in [0.25, 0.3) is 0 Å². The summed E-state index contributed by atoms with van der Waals surface area (Å²) in [5.74, 6) is -1.60. The highest BCUT2D eigenvalue weighted by molar-refractivity contribution is 6.02. The lowest BCUT2D eigenvalue weighted by molar-refractivity contribution is -0.148. The van der Waals surface area contributed by atoms with Crippen molar-refractivity contribution < 1.29 is 23.9 Å². The van der Waals surface area contributed by atoms with E-state index >= 15 is 0 Å². The summed E-state index contributed by atoms with van der Waals surface area (Å²) in [4.78, 5) is 47.7. The third-order valence-corrected chi connectivity index (χ3v) is 4.62. The van der Waals surface area contributed by atoms with Crippen LogP contribution >= 0.6 is 0 Å². The van der Waals surface area contributed by atoms with Crippen molar-refractivity contribution in [3.63, 3.8) is 0 Å². The molecule has 0 heterocycles. The minimum atomic E-state index is -0.756. The van der Waals surface area contributed by atoms with Crippen molar-refractivity contribution in [2.75, 3.05) is 11.9 Å². The van der Waals surface area contributed by atoms with E-state index in [1.54, 1.807) is 18.2 Å². The summed E-state index contributed by atoms with van der Waals surface area (Å²) < 4.78 is 4.85. The molecule has 0 aliphatic heterocycles. The summed E-state index contributed by atoms with van der Waals surface area (Å²) >= 11 is 0. The molecule has 0 aliphatic carbocycles. The van der Waals surface area contributed by atoms with Gasteiger partial charge in [0.1, 0.15) is 0 Å². The third kappa shape index (κ3) is 8.04. The lowest BCUT2D eigenvalue weighted by Gasteiger charge is -2.10. The fourth-order valence-electron chi connectivity index (χ4n) is 2.99. The van der Waals surface area contributed by atoms with Crippen LogP contribution < -0.4 is 10.6 Å². The van der Waals surface area contributed by atoms with Crippen LogP contribution in [0.3, 0.4) is 0 Å². The van der Waals surface area contributed by atoms with Crippen molar-refractivity contribution in [1.29, 1.82) is 0 Å². The number of anilines is 1. The van der Waals surface area contributed by atoms with Gasteiger partial charge in [-0.15, -0.1) is 0 Å². The first-order valence-electron chi connectivity index (χ1n) is 10.2. The standard InChI is InChI=1S/C24H28N2O5/c1-4-5-18-7-9-19(10-8-18)21(27)12-13-23(29)31-15-22(28)26-24(30)25-20-11-6-16(2)14-17(20)3/h6-11,14H,4-5,12-13,15H2,1-3H3,(H2,25,26,28,30). The zero-order valence-corrected chi connectivity index (χ0v) is 18.1. The fourth-order valence-corrected chi connectivity index (χ4v) is 2.99. The van der Waals surface area contributed by atoms with E-state index in [4.69, 9.17) is 4.74 Å². The molecule has 0 aromatic heterocycles. The number of esters is 1. The molecule has 0 unspecified atom stereocenters. The minimum Gasteiger partial charge on any atom is -0.456 e. The van der Waals surface area contributed by atoms with Crippen molar-refractivity contribution in [2.24, 2.45) is 0 Å². The molecule has 31 heavy (non-hydrogen) atoms. The summed E-state index contributed by atoms with van der Waals surface area (Å²) in [6.45, 7) is 5.26. The first-order valence-corrected chi connectivity index (χ1v) is 10.2. The molecule has 0 radical (unpaired) electrons. The van der Waals surface area contributed by atoms with Crippen LogP contribution in [0.1, 0.15) is 53.2 Å². The number of Topliss-reactive ketones (excluding diaryl/α,β-unsaturated/α-hetero) is 1. The monoisotopic (exact) mass is 424 g/mol. The molecular weight excluding hydrogens is 396 g/mol. The molecular formula is C24H28N2O5. The maximum Gasteiger partial charge on any atom is 0.325 e. The van der Waals surface area contributed by atoms with E-state index in [0.717, 1.165) is 29.5 Å². The minimum absolute atomic E-state index is 0.0131. The number of ketones is 1. The van der Waals surface area contributed by atoms with Gasteiger partial charge in [-0.25, -0.2) is 4.79 Å². The molecule has 0 fully saturated rings. The highest BCUT2D eigenvalue weighted by atomic mass is 16.5. The number of rotatable bonds is 9. The van der Waals surface area contributed by atoms with Gasteiger partial charge in [-0.1, -0.05) is 55.3 Å². The Hall–Kier alpha value is -3.48. The SMILES string of the molecule is CCCc1ccc(C(=O)CCC(=O)OCC(=O)NC(=O)Nc2ccc(C)cc2C)cc1. The number of carbonyl (C=O) groups is 4. The van der Waals surface area contributed by atoms with Crippen molar-refractivity contribution in [3.8, 4) is 0 Å². The van der Waals surface area contributed by atoms with Crippen LogP contribution in [0.2, 0.25) is 0 Å². The van der Waals surface area contributed by atoms with Gasteiger partial charge in [0.25, 0.3) is 5.91 Å². The Labute approximate surface area is 182 Å². The average Bonchev–Trinajstić information content (AvgIpc) is 2.73. The van der Waals surface area contributed by atoms with Gasteiger partial charge in [0, 0.05) is 17.7 Å². The quantitative estimate of drug-likeness (QED) is 0.466. The second kappa shape index (κ2) is 11.6. The second-order valence-corrected chi connectivity index (χ2v) is 7.35. The molecule has 164 valence electrons. The molecule has 7 heteroatoms. The van der Waals surface area contributed by atoms with Crippen molar-refractivity contribution in [3.05, 3.63) is 64.7 Å². The lowest BCUT2D eigenvalue weighted by atomic mass is 10.0. The third-order valence-electron chi connectivity index (χ3n) is 4.62. The Morgan fingerprint density at radius 1 is 0.935 bits per heavy atom. The van der Waals surface area contributed by atoms with E-state index in [1.807, 2.05) is 38.1 Å². The molecule has 0 aliphatic rings. The lowest BCUT2D eigenvalue weighted by Crippen LogP contribution is -2.37. The predicted molar refractivity (Wildman–Crippen MR) is 118 cm³/mol. The van der Waals surface area contributed by atoms with Gasteiger partial charge in [-0.2, -0.15) is 0 Å². The molecule has 2 N–H and O–H groups in total. The fraction of sp³-hybridized carbons (Fsp3) is 0.333. The Kier molecular flexibility index (Phi) is 8.94. The predicted octanol–water partition coefficient (Wildman–Crippen LogP) is 4.11. The zero-order chi connectivity index (χ0) is 22.8. The van der Waals surface area contributed by atoms with Gasteiger partial charge < -0.3 is 10.1 Å². The van der Waals surface area contributed by atoms with Crippen molar-refractivity contribution >= 4 is 29.4 Å². The Balaban J connectivity index is 1.70. The Morgan fingerprint density at radius 2 is 1.65 bits per heavy atom. The summed E-state index contributed by atoms with van der Waals surface area (Å²) in [5, 5.41) is 4.67. The molecule has 0 spiro atoms. The van der Waals surface area contributed by atoms with E-state index < -0.39 is 24.5 Å². The number of urea groups is 1. The van der Waals surface area contributed by atoms with Crippen LogP contribution in [0.5, 0.6) is 0 Å². The number of hydrogen-bond acceptors (Lipinski definition) is 5. The summed E-state index contributed by atoms with van der Waals surface area (Å²) in [7, 11) is 0. The number of hydrogen-bond donors (Lipinski definition) is 2. The van der Waals surface area contributed by atoms with Crippen LogP contribution in [-0.2, 0) is 20.7 Å². The number of benzene rings is 2. The van der Waals surface area contributed by atoms with E-state index in [9.17, 15) is 19.2 Å². The largest absolute Gasteiger partial charge is 0.456 e. The molecule has 2 rings (SSSR count). The van der Waals surface area contributed by atoms with Crippen molar-refractivity contribution in [2.45, 2.75) is 46.5 Å². The second-order valence-electron chi connectivity index (χ2n) is 7.35. The topological polar surface area (TPSA) is 102 Å². The number of carbonyl (C=O) groups excluding carboxylic acids is 4. The highest BCUT2D eigenvalue weighted by Crippen LogP contribution is 2.15. The number of amides is 3. The van der Waals surface area contributed by atoms with Gasteiger partial charge >= 0.3 is 12.0 Å². The molecule has 0 bridgehead atoms. The van der Waals surface area contributed by atoms with Crippen LogP contribution in [0, 0.1) is 13.8 Å². The van der Waals surface area contributed by atoms with Crippen LogP contribution in [0.4, 0.5) is 10.5 Å². The smallest absolute Gasteiger partial charge is 0.325 e. The highest BCUT2D eigenvalue weighted by Gasteiger charge is 2.14. The van der Waals surface area contributed by atoms with E-state index in [1.165, 1.54) is 0 Å². The van der Waals surface area contributed by atoms with Gasteiger partial charge in [0.15, 0.2) is 12.4 Å². The number of imide groups is 1. The molecule has 0 saturated carbocycles. The number of nitrogens with one attached hydrogen (secondary N) is 2. The first-order chi connectivity index (χ1) is 14.8. The van der Waals surface area contributed by atoms with Gasteiger partial charge in [-0.05, 0) is 37.5 Å². The van der Waals surface area contributed by atoms with Gasteiger partial charge in [0.2, 0.25) is 0 Å². The Bertz CT molecular complexity index is 951. The van der Waals surface area contributed by atoms with Gasteiger partial charge in [-0.3, -0.25) is 19.7 Å². The van der Waals surface area contributed by atoms with E-state index in [0.29, 0.717) is 11.3 Å². The molecule has 2 aromatic rings. The molecule has 0 saturated heterocycles. The average molecular weight is 424 g/mol.